The molecular weight excluding hydrogens is 367 g/mol. The van der Waals surface area contributed by atoms with Gasteiger partial charge in [-0.2, -0.15) is 0 Å². The molecule has 0 aliphatic carbocycles. The van der Waals surface area contributed by atoms with Crippen LogP contribution in [0.25, 0.3) is 17.0 Å². The van der Waals surface area contributed by atoms with Crippen molar-refractivity contribution in [2.24, 2.45) is 0 Å². The molecule has 2 aromatic carbocycles. The number of anilines is 1. The predicted octanol–water partition coefficient (Wildman–Crippen LogP) is 3.64. The molecule has 8 heteroatoms. The number of aromatic nitrogens is 3. The summed E-state index contributed by atoms with van der Waals surface area (Å²) in [5, 5.41) is 0. The van der Waals surface area contributed by atoms with Gasteiger partial charge in [0, 0.05) is 29.3 Å². The van der Waals surface area contributed by atoms with Crippen molar-refractivity contribution < 1.29 is 12.8 Å². The summed E-state index contributed by atoms with van der Waals surface area (Å²) in [5.74, 6) is 0.0779. The summed E-state index contributed by atoms with van der Waals surface area (Å²) in [5.41, 5.74) is 2.77. The third-order valence-corrected chi connectivity index (χ3v) is 5.55. The molecule has 2 heterocycles. The molecule has 0 aliphatic rings. The highest BCUT2D eigenvalue weighted by atomic mass is 32.2. The standard InChI is InChI=1S/C19H15FN4O2S/c1-13-18(22-19-21-10-3-11-24(13)19)14-4-2-5-16(12-14)23-27(25,26)17-8-6-15(20)7-9-17/h2-12,23H,1H3. The fraction of sp³-hybridized carbons (Fsp3) is 0.0526. The van der Waals surface area contributed by atoms with Gasteiger partial charge in [0.05, 0.1) is 10.6 Å². The molecule has 0 saturated heterocycles. The molecular formula is C19H15FN4O2S. The molecule has 0 saturated carbocycles. The number of hydrogen-bond acceptors (Lipinski definition) is 4. The molecule has 1 N–H and O–H groups in total. The van der Waals surface area contributed by atoms with Crippen molar-refractivity contribution in [1.29, 1.82) is 0 Å². The number of nitrogens with one attached hydrogen (secondary N) is 1. The minimum atomic E-state index is -3.82. The van der Waals surface area contributed by atoms with Gasteiger partial charge in [0.1, 0.15) is 5.82 Å². The second-order valence-corrected chi connectivity index (χ2v) is 7.66. The molecule has 4 aromatic rings. The van der Waals surface area contributed by atoms with Crippen molar-refractivity contribution in [3.63, 3.8) is 0 Å². The Bertz CT molecular complexity index is 1230. The van der Waals surface area contributed by atoms with E-state index in [2.05, 4.69) is 14.7 Å². The zero-order chi connectivity index (χ0) is 19.0. The second-order valence-electron chi connectivity index (χ2n) is 5.98. The highest BCUT2D eigenvalue weighted by molar-refractivity contribution is 7.92. The summed E-state index contributed by atoms with van der Waals surface area (Å²) in [6.07, 6.45) is 3.54. The first-order valence-electron chi connectivity index (χ1n) is 8.12. The Morgan fingerprint density at radius 2 is 1.85 bits per heavy atom. The average molecular weight is 382 g/mol. The first-order chi connectivity index (χ1) is 12.9. The van der Waals surface area contributed by atoms with E-state index in [1.807, 2.05) is 29.7 Å². The smallest absolute Gasteiger partial charge is 0.261 e. The van der Waals surface area contributed by atoms with Crippen LogP contribution in [0.2, 0.25) is 0 Å². The van der Waals surface area contributed by atoms with E-state index in [0.29, 0.717) is 11.5 Å². The summed E-state index contributed by atoms with van der Waals surface area (Å²) in [6, 6.07) is 13.4. The Kier molecular flexibility index (Phi) is 4.12. The van der Waals surface area contributed by atoms with E-state index in [0.717, 1.165) is 29.1 Å². The van der Waals surface area contributed by atoms with Gasteiger partial charge in [-0.1, -0.05) is 12.1 Å². The zero-order valence-corrected chi connectivity index (χ0v) is 15.1. The summed E-state index contributed by atoms with van der Waals surface area (Å²) < 4.78 is 42.4. The number of halogens is 1. The van der Waals surface area contributed by atoms with Gasteiger partial charge in [0.15, 0.2) is 0 Å². The van der Waals surface area contributed by atoms with Gasteiger partial charge in [0.2, 0.25) is 5.78 Å². The molecule has 0 unspecified atom stereocenters. The molecule has 0 aliphatic heterocycles. The summed E-state index contributed by atoms with van der Waals surface area (Å²) in [4.78, 5) is 8.74. The lowest BCUT2D eigenvalue weighted by Gasteiger charge is -2.09. The van der Waals surface area contributed by atoms with E-state index in [-0.39, 0.29) is 4.90 Å². The number of nitrogens with zero attached hydrogens (tertiary/aromatic N) is 3. The second kappa shape index (κ2) is 6.48. The van der Waals surface area contributed by atoms with Crippen LogP contribution in [-0.2, 0) is 10.0 Å². The molecule has 0 spiro atoms. The molecule has 6 nitrogen and oxygen atoms in total. The molecule has 0 bridgehead atoms. The molecule has 4 rings (SSSR count). The average Bonchev–Trinajstić information content (AvgIpc) is 2.99. The molecule has 0 fully saturated rings. The van der Waals surface area contributed by atoms with Crippen LogP contribution in [0.3, 0.4) is 0 Å². The Balaban J connectivity index is 1.70. The molecule has 0 radical (unpaired) electrons. The monoisotopic (exact) mass is 382 g/mol. The first-order valence-corrected chi connectivity index (χ1v) is 9.61. The van der Waals surface area contributed by atoms with Crippen LogP contribution in [0.15, 0.2) is 71.9 Å². The van der Waals surface area contributed by atoms with Crippen LogP contribution >= 0.6 is 0 Å². The van der Waals surface area contributed by atoms with Gasteiger partial charge >= 0.3 is 0 Å². The van der Waals surface area contributed by atoms with Crippen LogP contribution in [0, 0.1) is 12.7 Å². The Labute approximate surface area is 155 Å². The van der Waals surface area contributed by atoms with E-state index in [1.165, 1.54) is 12.1 Å². The van der Waals surface area contributed by atoms with Crippen molar-refractivity contribution in [3.05, 3.63) is 78.5 Å². The Hall–Kier alpha value is -3.26. The fourth-order valence-electron chi connectivity index (χ4n) is 2.83. The van der Waals surface area contributed by atoms with E-state index in [4.69, 9.17) is 0 Å². The van der Waals surface area contributed by atoms with Gasteiger partial charge in [-0.15, -0.1) is 0 Å². The SMILES string of the molecule is Cc1c(-c2cccc(NS(=O)(=O)c3ccc(F)cc3)c2)nc2ncccn12. The number of fused-ring (bicyclic) bond motifs is 1. The number of aryl methyl sites for hydroxylation is 1. The third kappa shape index (κ3) is 3.26. The van der Waals surface area contributed by atoms with E-state index >= 15 is 0 Å². The van der Waals surface area contributed by atoms with Crippen molar-refractivity contribution in [2.45, 2.75) is 11.8 Å². The molecule has 27 heavy (non-hydrogen) atoms. The van der Waals surface area contributed by atoms with Gasteiger partial charge < -0.3 is 0 Å². The van der Waals surface area contributed by atoms with Crippen molar-refractivity contribution in [3.8, 4) is 11.3 Å². The van der Waals surface area contributed by atoms with Crippen molar-refractivity contribution in [2.75, 3.05) is 4.72 Å². The lowest BCUT2D eigenvalue weighted by Crippen LogP contribution is -2.12. The highest BCUT2D eigenvalue weighted by Gasteiger charge is 2.16. The van der Waals surface area contributed by atoms with E-state index < -0.39 is 15.8 Å². The van der Waals surface area contributed by atoms with E-state index in [9.17, 15) is 12.8 Å². The maximum Gasteiger partial charge on any atom is 0.261 e. The predicted molar refractivity (Wildman–Crippen MR) is 100 cm³/mol. The molecule has 2 aromatic heterocycles. The largest absolute Gasteiger partial charge is 0.288 e. The van der Waals surface area contributed by atoms with Crippen LogP contribution < -0.4 is 4.72 Å². The van der Waals surface area contributed by atoms with Crippen LogP contribution in [0.5, 0.6) is 0 Å². The number of rotatable bonds is 4. The number of sulfonamides is 1. The first kappa shape index (κ1) is 17.2. The lowest BCUT2D eigenvalue weighted by molar-refractivity contribution is 0.599. The zero-order valence-electron chi connectivity index (χ0n) is 14.3. The normalized spacial score (nSPS) is 11.6. The highest BCUT2D eigenvalue weighted by Crippen LogP contribution is 2.26. The Morgan fingerprint density at radius 1 is 1.07 bits per heavy atom. The summed E-state index contributed by atoms with van der Waals surface area (Å²) in [6.45, 7) is 1.92. The molecule has 136 valence electrons. The number of hydrogen-bond donors (Lipinski definition) is 1. The summed E-state index contributed by atoms with van der Waals surface area (Å²) >= 11 is 0. The fourth-order valence-corrected chi connectivity index (χ4v) is 3.88. The Morgan fingerprint density at radius 3 is 2.59 bits per heavy atom. The van der Waals surface area contributed by atoms with Gasteiger partial charge in [-0.3, -0.25) is 9.12 Å². The summed E-state index contributed by atoms with van der Waals surface area (Å²) in [7, 11) is -3.82. The number of benzene rings is 2. The minimum Gasteiger partial charge on any atom is -0.288 e. The topological polar surface area (TPSA) is 76.4 Å². The lowest BCUT2D eigenvalue weighted by atomic mass is 10.1. The molecule has 0 atom stereocenters. The van der Waals surface area contributed by atoms with Crippen molar-refractivity contribution in [1.82, 2.24) is 14.4 Å². The van der Waals surface area contributed by atoms with Crippen LogP contribution in [-0.4, -0.2) is 22.8 Å². The number of imidazole rings is 1. The van der Waals surface area contributed by atoms with Crippen LogP contribution in [0.1, 0.15) is 5.69 Å². The van der Waals surface area contributed by atoms with Gasteiger partial charge in [-0.25, -0.2) is 22.8 Å². The quantitative estimate of drug-likeness (QED) is 0.585. The molecule has 0 amide bonds. The third-order valence-electron chi connectivity index (χ3n) is 4.15. The van der Waals surface area contributed by atoms with Gasteiger partial charge in [0.25, 0.3) is 10.0 Å². The van der Waals surface area contributed by atoms with Gasteiger partial charge in [-0.05, 0) is 49.4 Å². The minimum absolute atomic E-state index is 0.0117. The van der Waals surface area contributed by atoms with E-state index in [1.54, 1.807) is 24.4 Å². The van der Waals surface area contributed by atoms with Crippen molar-refractivity contribution >= 4 is 21.5 Å². The van der Waals surface area contributed by atoms with Crippen LogP contribution in [0.4, 0.5) is 10.1 Å². The maximum absolute atomic E-state index is 13.0. The maximum atomic E-state index is 13.0.